The second-order valence-electron chi connectivity index (χ2n) is 7.24. The van der Waals surface area contributed by atoms with Gasteiger partial charge in [0, 0.05) is 62.6 Å². The summed E-state index contributed by atoms with van der Waals surface area (Å²) in [7, 11) is 0. The normalized spacial score (nSPS) is 17.4. The van der Waals surface area contributed by atoms with Gasteiger partial charge in [0.25, 0.3) is 5.91 Å². The molecule has 27 heavy (non-hydrogen) atoms. The molecular formula is C21H26N4O2. The van der Waals surface area contributed by atoms with Gasteiger partial charge in [0.05, 0.1) is 0 Å². The summed E-state index contributed by atoms with van der Waals surface area (Å²) in [6.07, 6.45) is 9.81. The molecule has 0 atom stereocenters. The molecule has 1 amide bonds. The van der Waals surface area contributed by atoms with Gasteiger partial charge in [-0.05, 0) is 49.4 Å². The molecule has 1 aliphatic heterocycles. The van der Waals surface area contributed by atoms with E-state index in [9.17, 15) is 4.79 Å². The smallest absolute Gasteiger partial charge is 0.260 e. The highest BCUT2D eigenvalue weighted by molar-refractivity contribution is 5.78. The Hall–Kier alpha value is -2.47. The number of aromatic nitrogens is 2. The Morgan fingerprint density at radius 1 is 1.00 bits per heavy atom. The molecule has 0 radical (unpaired) electrons. The fourth-order valence-corrected chi connectivity index (χ4v) is 3.86. The number of hydrogen-bond donors (Lipinski definition) is 0. The number of nitrogens with zero attached hydrogens (tertiary/aromatic N) is 4. The summed E-state index contributed by atoms with van der Waals surface area (Å²) in [6, 6.07) is 5.98. The second-order valence-corrected chi connectivity index (χ2v) is 7.24. The summed E-state index contributed by atoms with van der Waals surface area (Å²) < 4.78 is 5.89. The molecular weight excluding hydrogens is 340 g/mol. The number of fused-ring (bicyclic) bond motifs is 1. The minimum atomic E-state index is 0.0694. The van der Waals surface area contributed by atoms with Crippen LogP contribution in [0.5, 0.6) is 5.75 Å². The number of rotatable bonds is 5. The number of amides is 1. The number of pyridine rings is 2. The maximum Gasteiger partial charge on any atom is 0.260 e. The van der Waals surface area contributed by atoms with Crippen LogP contribution >= 0.6 is 0 Å². The summed E-state index contributed by atoms with van der Waals surface area (Å²) >= 11 is 0. The van der Waals surface area contributed by atoms with E-state index in [0.29, 0.717) is 0 Å². The van der Waals surface area contributed by atoms with Crippen LogP contribution in [0.2, 0.25) is 0 Å². The lowest BCUT2D eigenvalue weighted by molar-refractivity contribution is -0.135. The number of hydrogen-bond acceptors (Lipinski definition) is 5. The number of ether oxygens (including phenoxy) is 1. The number of aryl methyl sites for hydroxylation is 1. The Labute approximate surface area is 160 Å². The molecule has 1 fully saturated rings. The Bertz CT molecular complexity index is 773. The molecule has 1 aliphatic carbocycles. The molecule has 3 heterocycles. The zero-order chi connectivity index (χ0) is 18.5. The fourth-order valence-electron chi connectivity index (χ4n) is 3.86. The van der Waals surface area contributed by atoms with Gasteiger partial charge in [0.15, 0.2) is 6.61 Å². The van der Waals surface area contributed by atoms with Gasteiger partial charge >= 0.3 is 0 Å². The van der Waals surface area contributed by atoms with Crippen molar-refractivity contribution in [3.05, 3.63) is 53.6 Å². The minimum Gasteiger partial charge on any atom is -0.483 e. The molecule has 4 rings (SSSR count). The van der Waals surface area contributed by atoms with Gasteiger partial charge < -0.3 is 9.64 Å². The van der Waals surface area contributed by atoms with E-state index in [2.05, 4.69) is 14.9 Å². The average Bonchev–Trinajstić information content (AvgIpc) is 2.73. The van der Waals surface area contributed by atoms with E-state index in [4.69, 9.17) is 4.74 Å². The summed E-state index contributed by atoms with van der Waals surface area (Å²) in [5, 5.41) is 0. The number of carbonyl (C=O) groups excluding carboxylic acids is 1. The van der Waals surface area contributed by atoms with E-state index >= 15 is 0 Å². The molecule has 0 bridgehead atoms. The molecule has 0 saturated carbocycles. The largest absolute Gasteiger partial charge is 0.483 e. The average molecular weight is 366 g/mol. The van der Waals surface area contributed by atoms with E-state index in [1.165, 1.54) is 24.0 Å². The second kappa shape index (κ2) is 8.48. The van der Waals surface area contributed by atoms with Gasteiger partial charge in [-0.15, -0.1) is 0 Å². The molecule has 0 unspecified atom stereocenters. The van der Waals surface area contributed by atoms with E-state index in [1.807, 2.05) is 35.5 Å². The first-order chi connectivity index (χ1) is 13.3. The number of piperazine rings is 1. The first kappa shape index (κ1) is 17.9. The van der Waals surface area contributed by atoms with Crippen molar-refractivity contribution >= 4 is 5.91 Å². The van der Waals surface area contributed by atoms with Crippen molar-refractivity contribution in [1.29, 1.82) is 0 Å². The molecule has 1 saturated heterocycles. The quantitative estimate of drug-likeness (QED) is 0.811. The molecule has 6 heteroatoms. The van der Waals surface area contributed by atoms with Crippen molar-refractivity contribution in [1.82, 2.24) is 19.8 Å². The summed E-state index contributed by atoms with van der Waals surface area (Å²) in [4.78, 5) is 25.4. The van der Waals surface area contributed by atoms with Gasteiger partial charge in [0.2, 0.25) is 0 Å². The van der Waals surface area contributed by atoms with Gasteiger partial charge in [-0.1, -0.05) is 0 Å². The molecule has 2 aromatic heterocycles. The van der Waals surface area contributed by atoms with Crippen LogP contribution in [0.1, 0.15) is 29.7 Å². The minimum absolute atomic E-state index is 0.0694. The van der Waals surface area contributed by atoms with Crippen LogP contribution in [-0.2, 0) is 24.2 Å². The molecule has 0 aromatic carbocycles. The summed E-state index contributed by atoms with van der Waals surface area (Å²) in [5.41, 5.74) is 3.59. The van der Waals surface area contributed by atoms with Crippen molar-refractivity contribution in [2.75, 3.05) is 32.8 Å². The third kappa shape index (κ3) is 4.45. The SMILES string of the molecule is O=C(COc1ccnc2c1CCCC2)N1CCN(Cc2ccncc2)CC1. The lowest BCUT2D eigenvalue weighted by Gasteiger charge is -2.34. The van der Waals surface area contributed by atoms with Crippen molar-refractivity contribution in [3.8, 4) is 5.75 Å². The fraction of sp³-hybridized carbons (Fsp3) is 0.476. The predicted molar refractivity (Wildman–Crippen MR) is 102 cm³/mol. The molecule has 0 N–H and O–H groups in total. The molecule has 2 aliphatic rings. The molecule has 6 nitrogen and oxygen atoms in total. The van der Waals surface area contributed by atoms with Crippen LogP contribution in [0.25, 0.3) is 0 Å². The van der Waals surface area contributed by atoms with Crippen LogP contribution in [-0.4, -0.2) is 58.5 Å². The topological polar surface area (TPSA) is 58.6 Å². The Balaban J connectivity index is 1.27. The van der Waals surface area contributed by atoms with Crippen molar-refractivity contribution < 1.29 is 9.53 Å². The van der Waals surface area contributed by atoms with E-state index < -0.39 is 0 Å². The Morgan fingerprint density at radius 2 is 1.78 bits per heavy atom. The van der Waals surface area contributed by atoms with Crippen LogP contribution in [0.15, 0.2) is 36.8 Å². The number of carbonyl (C=O) groups is 1. The lowest BCUT2D eigenvalue weighted by Crippen LogP contribution is -2.49. The maximum atomic E-state index is 12.6. The van der Waals surface area contributed by atoms with Gasteiger partial charge in [0.1, 0.15) is 5.75 Å². The van der Waals surface area contributed by atoms with Crippen LogP contribution < -0.4 is 4.74 Å². The lowest BCUT2D eigenvalue weighted by atomic mass is 9.95. The highest BCUT2D eigenvalue weighted by atomic mass is 16.5. The highest BCUT2D eigenvalue weighted by Gasteiger charge is 2.22. The maximum absolute atomic E-state index is 12.6. The van der Waals surface area contributed by atoms with Crippen LogP contribution in [0.4, 0.5) is 0 Å². The summed E-state index contributed by atoms with van der Waals surface area (Å²) in [6.45, 7) is 4.30. The third-order valence-corrected chi connectivity index (χ3v) is 5.42. The van der Waals surface area contributed by atoms with Crippen molar-refractivity contribution in [2.24, 2.45) is 0 Å². The first-order valence-corrected chi connectivity index (χ1v) is 9.78. The molecule has 0 spiro atoms. The summed E-state index contributed by atoms with van der Waals surface area (Å²) in [5.74, 6) is 0.907. The van der Waals surface area contributed by atoms with Gasteiger partial charge in [-0.25, -0.2) is 0 Å². The van der Waals surface area contributed by atoms with Crippen molar-refractivity contribution in [3.63, 3.8) is 0 Å². The first-order valence-electron chi connectivity index (χ1n) is 9.78. The van der Waals surface area contributed by atoms with Gasteiger partial charge in [-0.2, -0.15) is 0 Å². The standard InChI is InChI=1S/C21H26N4O2/c26-21(16-27-20-7-10-23-19-4-2-1-3-18(19)20)25-13-11-24(12-14-25)15-17-5-8-22-9-6-17/h5-10H,1-4,11-16H2. The van der Waals surface area contributed by atoms with Crippen molar-refractivity contribution in [2.45, 2.75) is 32.2 Å². The van der Waals surface area contributed by atoms with Crippen LogP contribution in [0, 0.1) is 0 Å². The third-order valence-electron chi connectivity index (χ3n) is 5.42. The zero-order valence-corrected chi connectivity index (χ0v) is 15.6. The van der Waals surface area contributed by atoms with E-state index in [1.54, 1.807) is 6.20 Å². The van der Waals surface area contributed by atoms with E-state index in [0.717, 1.165) is 57.0 Å². The predicted octanol–water partition coefficient (Wildman–Crippen LogP) is 2.08. The Morgan fingerprint density at radius 3 is 2.59 bits per heavy atom. The van der Waals surface area contributed by atoms with E-state index in [-0.39, 0.29) is 12.5 Å². The zero-order valence-electron chi connectivity index (χ0n) is 15.6. The highest BCUT2D eigenvalue weighted by Crippen LogP contribution is 2.27. The Kier molecular flexibility index (Phi) is 5.63. The molecule has 142 valence electrons. The van der Waals surface area contributed by atoms with Gasteiger partial charge in [-0.3, -0.25) is 19.7 Å². The monoisotopic (exact) mass is 366 g/mol. The van der Waals surface area contributed by atoms with Crippen LogP contribution in [0.3, 0.4) is 0 Å². The molecule has 2 aromatic rings.